The topological polar surface area (TPSA) is 49.4 Å². The molecule has 1 N–H and O–H groups in total. The first-order chi connectivity index (χ1) is 10.7. The quantitative estimate of drug-likeness (QED) is 0.581. The SMILES string of the molecule is O=C1C=CC(=O)N1Nc1cccc2c1ccc1ccccc12. The molecule has 0 fully saturated rings. The van der Waals surface area contributed by atoms with Crippen LogP contribution in [0.4, 0.5) is 5.69 Å². The molecule has 1 heterocycles. The Labute approximate surface area is 126 Å². The number of amides is 2. The van der Waals surface area contributed by atoms with Crippen LogP contribution in [-0.4, -0.2) is 16.8 Å². The molecule has 2 amide bonds. The first-order valence-electron chi connectivity index (χ1n) is 6.97. The zero-order chi connectivity index (χ0) is 15.1. The van der Waals surface area contributed by atoms with Crippen molar-refractivity contribution in [1.82, 2.24) is 5.01 Å². The number of hydrogen-bond acceptors (Lipinski definition) is 3. The Kier molecular flexibility index (Phi) is 2.69. The van der Waals surface area contributed by atoms with Gasteiger partial charge < -0.3 is 0 Å². The highest BCUT2D eigenvalue weighted by atomic mass is 16.2. The van der Waals surface area contributed by atoms with Gasteiger partial charge in [0.15, 0.2) is 0 Å². The number of hydrogen-bond donors (Lipinski definition) is 1. The van der Waals surface area contributed by atoms with Crippen LogP contribution in [0.3, 0.4) is 0 Å². The second kappa shape index (κ2) is 4.70. The summed E-state index contributed by atoms with van der Waals surface area (Å²) in [6.45, 7) is 0. The lowest BCUT2D eigenvalue weighted by Crippen LogP contribution is -2.35. The minimum Gasteiger partial charge on any atom is -0.288 e. The van der Waals surface area contributed by atoms with E-state index < -0.39 is 0 Å². The van der Waals surface area contributed by atoms with Crippen LogP contribution < -0.4 is 5.43 Å². The molecule has 3 aromatic carbocycles. The molecule has 0 spiro atoms. The molecule has 0 saturated heterocycles. The van der Waals surface area contributed by atoms with Gasteiger partial charge in [0.2, 0.25) is 0 Å². The van der Waals surface area contributed by atoms with Crippen molar-refractivity contribution in [3.05, 3.63) is 66.7 Å². The fourth-order valence-corrected chi connectivity index (χ4v) is 2.77. The second-order valence-corrected chi connectivity index (χ2v) is 5.14. The Morgan fingerprint density at radius 1 is 0.682 bits per heavy atom. The molecule has 0 radical (unpaired) electrons. The van der Waals surface area contributed by atoms with Gasteiger partial charge in [-0.1, -0.05) is 48.5 Å². The first-order valence-corrected chi connectivity index (χ1v) is 6.97. The van der Waals surface area contributed by atoms with Crippen LogP contribution in [-0.2, 0) is 9.59 Å². The molecule has 0 aliphatic carbocycles. The summed E-state index contributed by atoms with van der Waals surface area (Å²) < 4.78 is 0. The van der Waals surface area contributed by atoms with E-state index in [9.17, 15) is 9.59 Å². The fourth-order valence-electron chi connectivity index (χ4n) is 2.77. The van der Waals surface area contributed by atoms with Crippen molar-refractivity contribution in [3.63, 3.8) is 0 Å². The average molecular weight is 288 g/mol. The van der Waals surface area contributed by atoms with Crippen molar-refractivity contribution in [2.75, 3.05) is 5.43 Å². The Balaban J connectivity index is 1.87. The molecule has 0 unspecified atom stereocenters. The summed E-state index contributed by atoms with van der Waals surface area (Å²) in [6.07, 6.45) is 2.52. The van der Waals surface area contributed by atoms with Crippen molar-refractivity contribution >= 4 is 39.0 Å². The third-order valence-electron chi connectivity index (χ3n) is 3.83. The molecular formula is C18H12N2O2. The Hall–Kier alpha value is -3.14. The van der Waals surface area contributed by atoms with Gasteiger partial charge in [0.25, 0.3) is 11.8 Å². The monoisotopic (exact) mass is 288 g/mol. The minimum atomic E-state index is -0.359. The average Bonchev–Trinajstić information content (AvgIpc) is 2.87. The van der Waals surface area contributed by atoms with Crippen LogP contribution in [0.5, 0.6) is 0 Å². The van der Waals surface area contributed by atoms with Gasteiger partial charge in [0, 0.05) is 17.5 Å². The predicted molar refractivity (Wildman–Crippen MR) is 86.1 cm³/mol. The van der Waals surface area contributed by atoms with Crippen LogP contribution in [0.25, 0.3) is 21.5 Å². The molecule has 4 heteroatoms. The minimum absolute atomic E-state index is 0.359. The summed E-state index contributed by atoms with van der Waals surface area (Å²) >= 11 is 0. The van der Waals surface area contributed by atoms with E-state index in [0.29, 0.717) is 0 Å². The highest BCUT2D eigenvalue weighted by molar-refractivity contribution is 6.15. The maximum absolute atomic E-state index is 11.7. The van der Waals surface area contributed by atoms with Crippen molar-refractivity contribution in [2.24, 2.45) is 0 Å². The van der Waals surface area contributed by atoms with Crippen LogP contribution in [0.1, 0.15) is 0 Å². The van der Waals surface area contributed by atoms with Gasteiger partial charge in [-0.05, 0) is 22.2 Å². The second-order valence-electron chi connectivity index (χ2n) is 5.14. The molecule has 3 aromatic rings. The van der Waals surface area contributed by atoms with Gasteiger partial charge in [-0.25, -0.2) is 0 Å². The maximum Gasteiger partial charge on any atom is 0.272 e. The number of anilines is 1. The van der Waals surface area contributed by atoms with Gasteiger partial charge in [-0.15, -0.1) is 0 Å². The van der Waals surface area contributed by atoms with Crippen LogP contribution in [0.15, 0.2) is 66.7 Å². The number of benzene rings is 3. The Morgan fingerprint density at radius 2 is 1.41 bits per heavy atom. The number of imide groups is 1. The zero-order valence-electron chi connectivity index (χ0n) is 11.6. The predicted octanol–water partition coefficient (Wildman–Crippen LogP) is 3.24. The number of nitrogens with one attached hydrogen (secondary N) is 1. The van der Waals surface area contributed by atoms with Gasteiger partial charge in [0.1, 0.15) is 0 Å². The van der Waals surface area contributed by atoms with E-state index in [-0.39, 0.29) is 11.8 Å². The van der Waals surface area contributed by atoms with Gasteiger partial charge in [-0.2, -0.15) is 5.01 Å². The summed E-state index contributed by atoms with van der Waals surface area (Å²) in [6, 6.07) is 18.0. The van der Waals surface area contributed by atoms with Crippen molar-refractivity contribution < 1.29 is 9.59 Å². The summed E-state index contributed by atoms with van der Waals surface area (Å²) in [5.41, 5.74) is 3.65. The van der Waals surface area contributed by atoms with E-state index in [1.54, 1.807) is 0 Å². The number of hydrazine groups is 1. The van der Waals surface area contributed by atoms with Crippen LogP contribution in [0.2, 0.25) is 0 Å². The normalized spacial score (nSPS) is 14.3. The molecule has 0 aromatic heterocycles. The number of carbonyl (C=O) groups excluding carboxylic acids is 2. The summed E-state index contributed by atoms with van der Waals surface area (Å²) in [4.78, 5) is 23.4. The van der Waals surface area contributed by atoms with E-state index in [0.717, 1.165) is 32.2 Å². The molecule has 22 heavy (non-hydrogen) atoms. The first kappa shape index (κ1) is 12.6. The van der Waals surface area contributed by atoms with E-state index in [1.165, 1.54) is 12.2 Å². The lowest BCUT2D eigenvalue weighted by atomic mass is 10.0. The largest absolute Gasteiger partial charge is 0.288 e. The van der Waals surface area contributed by atoms with E-state index in [4.69, 9.17) is 0 Å². The molecule has 106 valence electrons. The van der Waals surface area contributed by atoms with E-state index in [2.05, 4.69) is 17.6 Å². The Bertz CT molecular complexity index is 942. The maximum atomic E-state index is 11.7. The molecular weight excluding hydrogens is 276 g/mol. The highest BCUT2D eigenvalue weighted by Gasteiger charge is 2.23. The van der Waals surface area contributed by atoms with Crippen molar-refractivity contribution in [1.29, 1.82) is 0 Å². The van der Waals surface area contributed by atoms with Crippen molar-refractivity contribution in [3.8, 4) is 0 Å². The molecule has 0 saturated carbocycles. The Morgan fingerprint density at radius 3 is 2.23 bits per heavy atom. The van der Waals surface area contributed by atoms with Gasteiger partial charge in [-0.3, -0.25) is 15.0 Å². The summed E-state index contributed by atoms with van der Waals surface area (Å²) in [7, 11) is 0. The molecule has 0 atom stereocenters. The van der Waals surface area contributed by atoms with E-state index in [1.807, 2.05) is 42.5 Å². The van der Waals surface area contributed by atoms with Crippen LogP contribution >= 0.6 is 0 Å². The third kappa shape index (κ3) is 1.85. The molecule has 4 nitrogen and oxygen atoms in total. The molecule has 1 aliphatic rings. The molecule has 1 aliphatic heterocycles. The summed E-state index contributed by atoms with van der Waals surface area (Å²) in [5.74, 6) is -0.717. The number of nitrogens with zero attached hydrogens (tertiary/aromatic N) is 1. The molecule has 4 rings (SSSR count). The number of rotatable bonds is 2. The smallest absolute Gasteiger partial charge is 0.272 e. The fraction of sp³-hybridized carbons (Fsp3) is 0. The van der Waals surface area contributed by atoms with Crippen molar-refractivity contribution in [2.45, 2.75) is 0 Å². The molecule has 0 bridgehead atoms. The standard InChI is InChI=1S/C18H12N2O2/c21-17-10-11-18(22)20(17)19-16-7-3-6-14-13-5-2-1-4-12(13)8-9-15(14)16/h1-11,19H. The number of carbonyl (C=O) groups is 2. The zero-order valence-corrected chi connectivity index (χ0v) is 11.6. The lowest BCUT2D eigenvalue weighted by molar-refractivity contribution is -0.135. The number of fused-ring (bicyclic) bond motifs is 3. The highest BCUT2D eigenvalue weighted by Crippen LogP contribution is 2.30. The van der Waals surface area contributed by atoms with E-state index >= 15 is 0 Å². The lowest BCUT2D eigenvalue weighted by Gasteiger charge is -2.18. The van der Waals surface area contributed by atoms with Crippen LogP contribution in [0, 0.1) is 0 Å². The van der Waals surface area contributed by atoms with Gasteiger partial charge >= 0.3 is 0 Å². The van der Waals surface area contributed by atoms with Gasteiger partial charge in [0.05, 0.1) is 5.69 Å². The summed E-state index contributed by atoms with van der Waals surface area (Å²) in [5, 5.41) is 5.36. The third-order valence-corrected chi connectivity index (χ3v) is 3.83.